The Bertz CT molecular complexity index is 598. The largest absolute Gasteiger partial charge is 0.486 e. The van der Waals surface area contributed by atoms with Gasteiger partial charge in [0.25, 0.3) is 0 Å². The maximum atomic E-state index is 6.18. The molecule has 1 aliphatic rings. The highest BCUT2D eigenvalue weighted by molar-refractivity contribution is 6.32. The Morgan fingerprint density at radius 2 is 2.21 bits per heavy atom. The van der Waals surface area contributed by atoms with Crippen LogP contribution in [-0.2, 0) is 13.6 Å². The molecule has 100 valence electrons. The quantitative estimate of drug-likeness (QED) is 0.938. The van der Waals surface area contributed by atoms with Crippen LogP contribution < -0.4 is 14.8 Å². The van der Waals surface area contributed by atoms with Crippen molar-refractivity contribution in [1.29, 1.82) is 0 Å². The van der Waals surface area contributed by atoms with E-state index in [0.29, 0.717) is 36.3 Å². The van der Waals surface area contributed by atoms with Crippen molar-refractivity contribution in [2.45, 2.75) is 6.54 Å². The van der Waals surface area contributed by atoms with E-state index in [-0.39, 0.29) is 0 Å². The fourth-order valence-corrected chi connectivity index (χ4v) is 2.27. The minimum absolute atomic E-state index is 0.542. The van der Waals surface area contributed by atoms with Gasteiger partial charge in [0.05, 0.1) is 16.9 Å². The first kappa shape index (κ1) is 12.2. The van der Waals surface area contributed by atoms with Crippen molar-refractivity contribution in [3.05, 3.63) is 35.1 Å². The van der Waals surface area contributed by atoms with Gasteiger partial charge in [-0.1, -0.05) is 11.6 Å². The SMILES string of the molecule is Cn1cc(NCc2cc(Cl)c3c(c2)OCCO3)cn1. The van der Waals surface area contributed by atoms with E-state index >= 15 is 0 Å². The highest BCUT2D eigenvalue weighted by atomic mass is 35.5. The number of hydrogen-bond acceptors (Lipinski definition) is 4. The summed E-state index contributed by atoms with van der Waals surface area (Å²) < 4.78 is 12.8. The van der Waals surface area contributed by atoms with Gasteiger partial charge in [0, 0.05) is 19.8 Å². The van der Waals surface area contributed by atoms with Gasteiger partial charge in [-0.2, -0.15) is 5.10 Å². The van der Waals surface area contributed by atoms with Gasteiger partial charge in [0.15, 0.2) is 11.5 Å². The summed E-state index contributed by atoms with van der Waals surface area (Å²) in [6.07, 6.45) is 3.69. The Hall–Kier alpha value is -1.88. The molecule has 0 unspecified atom stereocenters. The van der Waals surface area contributed by atoms with Crippen molar-refractivity contribution in [1.82, 2.24) is 9.78 Å². The van der Waals surface area contributed by atoms with E-state index in [9.17, 15) is 0 Å². The van der Waals surface area contributed by atoms with E-state index < -0.39 is 0 Å². The first-order valence-electron chi connectivity index (χ1n) is 6.03. The molecule has 1 aliphatic heterocycles. The van der Waals surface area contributed by atoms with Crippen LogP contribution in [0.15, 0.2) is 24.5 Å². The number of aryl methyl sites for hydroxylation is 1. The average molecular weight is 280 g/mol. The van der Waals surface area contributed by atoms with E-state index in [2.05, 4.69) is 10.4 Å². The Kier molecular flexibility index (Phi) is 3.21. The molecule has 1 aromatic carbocycles. The lowest BCUT2D eigenvalue weighted by atomic mass is 10.2. The third-order valence-electron chi connectivity index (χ3n) is 2.86. The Labute approximate surface area is 116 Å². The molecule has 0 amide bonds. The number of halogens is 1. The van der Waals surface area contributed by atoms with Crippen LogP contribution >= 0.6 is 11.6 Å². The minimum atomic E-state index is 0.542. The van der Waals surface area contributed by atoms with Crippen LogP contribution in [0.2, 0.25) is 5.02 Å². The van der Waals surface area contributed by atoms with E-state index in [1.54, 1.807) is 10.9 Å². The smallest absolute Gasteiger partial charge is 0.179 e. The van der Waals surface area contributed by atoms with E-state index in [1.807, 2.05) is 25.4 Å². The molecule has 0 radical (unpaired) electrons. The zero-order valence-corrected chi connectivity index (χ0v) is 11.3. The van der Waals surface area contributed by atoms with E-state index in [0.717, 1.165) is 11.3 Å². The number of ether oxygens (including phenoxy) is 2. The number of rotatable bonds is 3. The number of nitrogens with zero attached hydrogens (tertiary/aromatic N) is 2. The second kappa shape index (κ2) is 5.01. The summed E-state index contributed by atoms with van der Waals surface area (Å²) in [5.41, 5.74) is 2.01. The summed E-state index contributed by atoms with van der Waals surface area (Å²) in [5, 5.41) is 7.96. The number of fused-ring (bicyclic) bond motifs is 1. The van der Waals surface area contributed by atoms with Gasteiger partial charge >= 0.3 is 0 Å². The van der Waals surface area contributed by atoms with E-state index in [4.69, 9.17) is 21.1 Å². The molecule has 3 rings (SSSR count). The number of nitrogens with one attached hydrogen (secondary N) is 1. The Morgan fingerprint density at radius 3 is 3.00 bits per heavy atom. The van der Waals surface area contributed by atoms with Gasteiger partial charge in [0.1, 0.15) is 13.2 Å². The first-order valence-corrected chi connectivity index (χ1v) is 6.41. The topological polar surface area (TPSA) is 48.3 Å². The molecule has 2 heterocycles. The van der Waals surface area contributed by atoms with Crippen LogP contribution in [0.4, 0.5) is 5.69 Å². The van der Waals surface area contributed by atoms with Crippen LogP contribution in [0.5, 0.6) is 11.5 Å². The van der Waals surface area contributed by atoms with Gasteiger partial charge in [-0.05, 0) is 17.7 Å². The molecule has 1 aromatic heterocycles. The zero-order chi connectivity index (χ0) is 13.2. The molecular formula is C13H14ClN3O2. The molecule has 1 N–H and O–H groups in total. The molecule has 0 atom stereocenters. The second-order valence-corrected chi connectivity index (χ2v) is 4.77. The molecule has 19 heavy (non-hydrogen) atoms. The maximum Gasteiger partial charge on any atom is 0.179 e. The highest BCUT2D eigenvalue weighted by Crippen LogP contribution is 2.38. The molecule has 0 bridgehead atoms. The van der Waals surface area contributed by atoms with Crippen molar-refractivity contribution in [3.63, 3.8) is 0 Å². The summed E-state index contributed by atoms with van der Waals surface area (Å²) in [6, 6.07) is 3.84. The van der Waals surface area contributed by atoms with Crippen LogP contribution in [0.3, 0.4) is 0 Å². The fourth-order valence-electron chi connectivity index (χ4n) is 1.98. The van der Waals surface area contributed by atoms with Crippen molar-refractivity contribution in [3.8, 4) is 11.5 Å². The molecular weight excluding hydrogens is 266 g/mol. The monoisotopic (exact) mass is 279 g/mol. The lowest BCUT2D eigenvalue weighted by Gasteiger charge is -2.20. The van der Waals surface area contributed by atoms with Crippen molar-refractivity contribution < 1.29 is 9.47 Å². The van der Waals surface area contributed by atoms with Gasteiger partial charge in [-0.25, -0.2) is 0 Å². The minimum Gasteiger partial charge on any atom is -0.486 e. The van der Waals surface area contributed by atoms with Crippen molar-refractivity contribution >= 4 is 17.3 Å². The van der Waals surface area contributed by atoms with Crippen LogP contribution in [0, 0.1) is 0 Å². The second-order valence-electron chi connectivity index (χ2n) is 4.36. The maximum absolute atomic E-state index is 6.18. The average Bonchev–Trinajstić information content (AvgIpc) is 2.82. The Morgan fingerprint density at radius 1 is 1.37 bits per heavy atom. The van der Waals surface area contributed by atoms with Crippen LogP contribution in [0.1, 0.15) is 5.56 Å². The highest BCUT2D eigenvalue weighted by Gasteiger charge is 2.16. The number of aromatic nitrogens is 2. The van der Waals surface area contributed by atoms with Crippen molar-refractivity contribution in [2.24, 2.45) is 7.05 Å². The molecule has 5 nitrogen and oxygen atoms in total. The van der Waals surface area contributed by atoms with Crippen molar-refractivity contribution in [2.75, 3.05) is 18.5 Å². The molecule has 0 aliphatic carbocycles. The molecule has 0 saturated heterocycles. The van der Waals surface area contributed by atoms with Gasteiger partial charge in [-0.3, -0.25) is 4.68 Å². The predicted octanol–water partition coefficient (Wildman–Crippen LogP) is 2.46. The van der Waals surface area contributed by atoms with Gasteiger partial charge < -0.3 is 14.8 Å². The Balaban J connectivity index is 1.76. The number of anilines is 1. The molecule has 0 spiro atoms. The summed E-state index contributed by atoms with van der Waals surface area (Å²) in [5.74, 6) is 1.35. The van der Waals surface area contributed by atoms with E-state index in [1.165, 1.54) is 0 Å². The molecule has 0 saturated carbocycles. The predicted molar refractivity (Wildman–Crippen MR) is 73.0 cm³/mol. The van der Waals surface area contributed by atoms with Gasteiger partial charge in [0.2, 0.25) is 0 Å². The van der Waals surface area contributed by atoms with Crippen LogP contribution in [-0.4, -0.2) is 23.0 Å². The summed E-state index contributed by atoms with van der Waals surface area (Å²) in [4.78, 5) is 0. The lowest BCUT2D eigenvalue weighted by Crippen LogP contribution is -2.16. The fraction of sp³-hybridized carbons (Fsp3) is 0.308. The molecule has 2 aromatic rings. The molecule has 0 fully saturated rings. The third-order valence-corrected chi connectivity index (χ3v) is 3.14. The first-order chi connectivity index (χ1) is 9.22. The third kappa shape index (κ3) is 2.61. The standard InChI is InChI=1S/C13H14ClN3O2/c1-17-8-10(7-16-17)15-6-9-4-11(14)13-12(5-9)18-2-3-19-13/h4-5,7-8,15H,2-3,6H2,1H3. The summed E-state index contributed by atoms with van der Waals surface area (Å²) in [7, 11) is 1.88. The molecule has 6 heteroatoms. The van der Waals surface area contributed by atoms with Crippen LogP contribution in [0.25, 0.3) is 0 Å². The zero-order valence-electron chi connectivity index (χ0n) is 10.5. The summed E-state index contributed by atoms with van der Waals surface area (Å²) in [6.45, 7) is 1.75. The number of benzene rings is 1. The normalized spacial score (nSPS) is 13.4. The number of hydrogen-bond donors (Lipinski definition) is 1. The summed E-state index contributed by atoms with van der Waals surface area (Å²) >= 11 is 6.18. The van der Waals surface area contributed by atoms with Gasteiger partial charge in [-0.15, -0.1) is 0 Å². The lowest BCUT2D eigenvalue weighted by molar-refractivity contribution is 0.171.